The average Bonchev–Trinajstić information content (AvgIpc) is 2.66. The molecule has 1 aliphatic rings. The van der Waals surface area contributed by atoms with Gasteiger partial charge >= 0.3 is 0 Å². The number of carbonyl (C=O) groups excluding carboxylic acids is 1. The lowest BCUT2D eigenvalue weighted by Gasteiger charge is -2.21. The largest absolute Gasteiger partial charge is 0.497 e. The van der Waals surface area contributed by atoms with E-state index in [9.17, 15) is 4.79 Å². The van der Waals surface area contributed by atoms with E-state index in [0.29, 0.717) is 25.3 Å². The van der Waals surface area contributed by atoms with Crippen molar-refractivity contribution < 1.29 is 9.53 Å². The number of nitrogens with zero attached hydrogens (tertiary/aromatic N) is 1. The predicted octanol–water partition coefficient (Wildman–Crippen LogP) is 5.75. The van der Waals surface area contributed by atoms with Crippen molar-refractivity contribution in [1.82, 2.24) is 10.2 Å². The van der Waals surface area contributed by atoms with E-state index in [2.05, 4.69) is 11.9 Å². The maximum absolute atomic E-state index is 12.0. The second kappa shape index (κ2) is 16.4. The molecule has 0 aromatic rings. The van der Waals surface area contributed by atoms with Crippen LogP contribution >= 0.6 is 0 Å². The first-order chi connectivity index (χ1) is 13.6. The van der Waals surface area contributed by atoms with Gasteiger partial charge in [0, 0.05) is 13.5 Å². The van der Waals surface area contributed by atoms with Crippen LogP contribution in [0.4, 0.5) is 0 Å². The topological polar surface area (TPSA) is 65.4 Å². The quantitative estimate of drug-likeness (QED) is 0.550. The Morgan fingerprint density at radius 2 is 1.25 bits per heavy atom. The molecule has 5 nitrogen and oxygen atoms in total. The molecule has 5 heteroatoms. The van der Waals surface area contributed by atoms with Crippen molar-refractivity contribution >= 4 is 11.9 Å². The number of amides is 1. The van der Waals surface area contributed by atoms with Gasteiger partial charge in [-0.3, -0.25) is 15.5 Å². The van der Waals surface area contributed by atoms with Crippen LogP contribution in [0, 0.1) is 5.41 Å². The minimum atomic E-state index is -0.0714. The van der Waals surface area contributed by atoms with Crippen molar-refractivity contribution in [2.75, 3.05) is 20.2 Å². The van der Waals surface area contributed by atoms with E-state index < -0.39 is 0 Å². The molecule has 1 heterocycles. The van der Waals surface area contributed by atoms with Gasteiger partial charge in [-0.15, -0.1) is 0 Å². The number of carbonyl (C=O) groups is 1. The van der Waals surface area contributed by atoms with Crippen molar-refractivity contribution in [2.24, 2.45) is 0 Å². The van der Waals surface area contributed by atoms with Crippen molar-refractivity contribution in [1.29, 1.82) is 5.41 Å². The van der Waals surface area contributed by atoms with Crippen molar-refractivity contribution in [2.45, 2.75) is 103 Å². The molecule has 1 amide bonds. The number of likely N-dealkylation sites (N-methyl/N-ethyl adjacent to an activating group) is 1. The Hall–Kier alpha value is -1.52. The molecule has 0 atom stereocenters. The fourth-order valence-electron chi connectivity index (χ4n) is 3.58. The van der Waals surface area contributed by atoms with E-state index in [1.54, 1.807) is 11.9 Å². The zero-order valence-corrected chi connectivity index (χ0v) is 18.2. The van der Waals surface area contributed by atoms with E-state index >= 15 is 0 Å². The smallest absolute Gasteiger partial charge is 0.226 e. The Labute approximate surface area is 172 Å². The van der Waals surface area contributed by atoms with Crippen molar-refractivity contribution in [3.05, 3.63) is 12.3 Å². The highest BCUT2D eigenvalue weighted by molar-refractivity contribution is 5.95. The summed E-state index contributed by atoms with van der Waals surface area (Å²) in [7, 11) is 1.78. The lowest BCUT2D eigenvalue weighted by atomic mass is 10.0. The summed E-state index contributed by atoms with van der Waals surface area (Å²) in [5.41, 5.74) is 0. The number of ether oxygens (including phenoxy) is 1. The highest BCUT2D eigenvalue weighted by atomic mass is 16.5. The molecule has 0 unspecified atom stereocenters. The first-order valence-electron chi connectivity index (χ1n) is 11.5. The van der Waals surface area contributed by atoms with E-state index in [0.717, 1.165) is 19.3 Å². The second-order valence-corrected chi connectivity index (χ2v) is 8.19. The molecule has 1 fully saturated rings. The van der Waals surface area contributed by atoms with Gasteiger partial charge in [0.1, 0.15) is 5.76 Å². The van der Waals surface area contributed by atoms with Gasteiger partial charge in [0.05, 0.1) is 13.2 Å². The Kier molecular flexibility index (Phi) is 14.4. The van der Waals surface area contributed by atoms with E-state index in [-0.39, 0.29) is 11.9 Å². The zero-order chi connectivity index (χ0) is 20.5. The molecule has 1 aliphatic heterocycles. The van der Waals surface area contributed by atoms with Gasteiger partial charge in [-0.05, 0) is 12.8 Å². The standard InChI is InChI=1S/C23H43N3O2/c1-21-20-26(2)23(24)25-22(27)18-16-14-12-10-8-6-4-3-5-7-9-11-13-15-17-19-28-21/h1,3-20H2,2H3,(H2,24,25,27). The highest BCUT2D eigenvalue weighted by Crippen LogP contribution is 2.14. The van der Waals surface area contributed by atoms with E-state index in [4.69, 9.17) is 10.1 Å². The van der Waals surface area contributed by atoms with Gasteiger partial charge < -0.3 is 9.64 Å². The number of hydrogen-bond donors (Lipinski definition) is 2. The summed E-state index contributed by atoms with van der Waals surface area (Å²) in [6.07, 6.45) is 19.4. The first-order valence-corrected chi connectivity index (χ1v) is 11.5. The molecule has 0 aromatic heterocycles. The molecule has 0 bridgehead atoms. The Morgan fingerprint density at radius 3 is 1.75 bits per heavy atom. The summed E-state index contributed by atoms with van der Waals surface area (Å²) in [6.45, 7) is 5.05. The molecule has 0 radical (unpaired) electrons. The maximum atomic E-state index is 12.0. The van der Waals surface area contributed by atoms with Crippen LogP contribution in [0.3, 0.4) is 0 Å². The fourth-order valence-corrected chi connectivity index (χ4v) is 3.58. The second-order valence-electron chi connectivity index (χ2n) is 8.19. The van der Waals surface area contributed by atoms with Gasteiger partial charge in [-0.2, -0.15) is 0 Å². The lowest BCUT2D eigenvalue weighted by Crippen LogP contribution is -2.42. The van der Waals surface area contributed by atoms with Crippen LogP contribution in [0.15, 0.2) is 12.3 Å². The van der Waals surface area contributed by atoms with Gasteiger partial charge in [0.25, 0.3) is 0 Å². The summed E-state index contributed by atoms with van der Waals surface area (Å²) < 4.78 is 5.68. The van der Waals surface area contributed by atoms with E-state index in [1.165, 1.54) is 77.0 Å². The number of nitrogens with one attached hydrogen (secondary N) is 2. The highest BCUT2D eigenvalue weighted by Gasteiger charge is 2.10. The van der Waals surface area contributed by atoms with Crippen molar-refractivity contribution in [3.63, 3.8) is 0 Å². The minimum absolute atomic E-state index is 0.0714. The van der Waals surface area contributed by atoms with Crippen molar-refractivity contribution in [3.8, 4) is 0 Å². The molecular weight excluding hydrogens is 350 g/mol. The molecular formula is C23H43N3O2. The third-order valence-corrected chi connectivity index (χ3v) is 5.41. The summed E-state index contributed by atoms with van der Waals surface area (Å²) in [5.74, 6) is 0.693. The SMILES string of the molecule is C=C1CN(C)C(=N)NC(=O)CCCCCCCCCCCCCCCCCO1. The predicted molar refractivity (Wildman–Crippen MR) is 117 cm³/mol. The Morgan fingerprint density at radius 1 is 0.821 bits per heavy atom. The summed E-state index contributed by atoms with van der Waals surface area (Å²) in [6, 6.07) is 0. The molecule has 0 saturated carbocycles. The van der Waals surface area contributed by atoms with Gasteiger partial charge in [-0.1, -0.05) is 90.0 Å². The van der Waals surface area contributed by atoms with Crippen LogP contribution < -0.4 is 5.32 Å². The number of rotatable bonds is 0. The molecule has 1 rings (SSSR count). The van der Waals surface area contributed by atoms with E-state index in [1.807, 2.05) is 0 Å². The summed E-state index contributed by atoms with van der Waals surface area (Å²) in [5, 5.41) is 10.7. The molecule has 2 N–H and O–H groups in total. The van der Waals surface area contributed by atoms with Crippen LogP contribution in [0.25, 0.3) is 0 Å². The van der Waals surface area contributed by atoms with Crippen LogP contribution in [0.1, 0.15) is 103 Å². The van der Waals surface area contributed by atoms with Crippen LogP contribution in [0.2, 0.25) is 0 Å². The molecule has 162 valence electrons. The van der Waals surface area contributed by atoms with Crippen LogP contribution in [-0.2, 0) is 9.53 Å². The fraction of sp³-hybridized carbons (Fsp3) is 0.826. The molecule has 0 aromatic carbocycles. The van der Waals surface area contributed by atoms with Gasteiger partial charge in [0.2, 0.25) is 5.91 Å². The first kappa shape index (κ1) is 24.5. The Balaban J connectivity index is 2.33. The molecule has 0 spiro atoms. The number of guanidine groups is 1. The third kappa shape index (κ3) is 13.6. The van der Waals surface area contributed by atoms with Gasteiger partial charge in [-0.25, -0.2) is 0 Å². The minimum Gasteiger partial charge on any atom is -0.497 e. The normalized spacial score (nSPS) is 22.0. The molecule has 0 aliphatic carbocycles. The number of hydrogen-bond acceptors (Lipinski definition) is 3. The average molecular weight is 394 g/mol. The monoisotopic (exact) mass is 393 g/mol. The summed E-state index contributed by atoms with van der Waals surface area (Å²) in [4.78, 5) is 13.7. The lowest BCUT2D eigenvalue weighted by molar-refractivity contribution is -0.120. The third-order valence-electron chi connectivity index (χ3n) is 5.41. The van der Waals surface area contributed by atoms with Crippen LogP contribution in [0.5, 0.6) is 0 Å². The maximum Gasteiger partial charge on any atom is 0.226 e. The molecule has 1 saturated heterocycles. The van der Waals surface area contributed by atoms with Crippen LogP contribution in [-0.4, -0.2) is 37.0 Å². The zero-order valence-electron chi connectivity index (χ0n) is 18.2. The Bertz CT molecular complexity index is 451. The van der Waals surface area contributed by atoms with Gasteiger partial charge in [0.15, 0.2) is 5.96 Å². The summed E-state index contributed by atoms with van der Waals surface area (Å²) >= 11 is 0. The molecule has 28 heavy (non-hydrogen) atoms.